The van der Waals surface area contributed by atoms with Crippen LogP contribution in [-0.4, -0.2) is 56.8 Å². The van der Waals surface area contributed by atoms with E-state index in [1.165, 1.54) is 39.8 Å². The monoisotopic (exact) mass is 482 g/mol. The lowest BCUT2D eigenvalue weighted by Gasteiger charge is -2.08. The molecule has 0 radical (unpaired) electrons. The lowest BCUT2D eigenvalue weighted by molar-refractivity contribution is -0.153. The number of carbonyl (C=O) groups is 5. The molecule has 0 unspecified atom stereocenters. The van der Waals surface area contributed by atoms with E-state index in [1.807, 2.05) is 0 Å². The zero-order chi connectivity index (χ0) is 26.1. The second-order valence-electron chi connectivity index (χ2n) is 6.82. The topological polar surface area (TPSA) is 141 Å². The Morgan fingerprint density at radius 2 is 0.912 bits per heavy atom. The Balaban J connectivity index is 4.06. The molecule has 0 amide bonds. The van der Waals surface area contributed by atoms with E-state index >= 15 is 0 Å². The van der Waals surface area contributed by atoms with Gasteiger partial charge in [-0.25, -0.2) is 24.0 Å². The summed E-state index contributed by atoms with van der Waals surface area (Å²) in [5, 5.41) is 0. The van der Waals surface area contributed by atoms with Crippen molar-refractivity contribution in [2.75, 3.05) is 26.8 Å². The van der Waals surface area contributed by atoms with E-state index in [1.54, 1.807) is 0 Å². The maximum atomic E-state index is 11.8. The molecule has 0 saturated carbocycles. The van der Waals surface area contributed by atoms with Crippen LogP contribution in [0.25, 0.3) is 0 Å². The van der Waals surface area contributed by atoms with Gasteiger partial charge in [-0.1, -0.05) is 25.3 Å². The molecule has 0 saturated heterocycles. The molecule has 0 aliphatic carbocycles. The summed E-state index contributed by atoms with van der Waals surface area (Å²) >= 11 is 0. The van der Waals surface area contributed by atoms with Gasteiger partial charge in [-0.05, 0) is 27.7 Å². The molecule has 0 aliphatic rings. The third kappa shape index (κ3) is 14.2. The molecular formula is C23H30O11. The van der Waals surface area contributed by atoms with E-state index in [2.05, 4.69) is 22.6 Å². The van der Waals surface area contributed by atoms with Gasteiger partial charge in [0.1, 0.15) is 0 Å². The lowest BCUT2D eigenvalue weighted by Crippen LogP contribution is -2.17. The summed E-state index contributed by atoms with van der Waals surface area (Å²) in [7, 11) is 0. The van der Waals surface area contributed by atoms with Crippen molar-refractivity contribution in [3.05, 3.63) is 47.6 Å². The average molecular weight is 482 g/mol. The van der Waals surface area contributed by atoms with Crippen molar-refractivity contribution < 1.29 is 52.4 Å². The van der Waals surface area contributed by atoms with E-state index in [-0.39, 0.29) is 48.3 Å². The van der Waals surface area contributed by atoms with Gasteiger partial charge >= 0.3 is 30.0 Å². The summed E-state index contributed by atoms with van der Waals surface area (Å²) in [4.78, 5) is 57.4. The molecule has 0 aromatic rings. The van der Waals surface area contributed by atoms with Crippen LogP contribution in [0, 0.1) is 0 Å². The smallest absolute Gasteiger partial charge is 0.462 e. The van der Waals surface area contributed by atoms with Crippen LogP contribution in [0.2, 0.25) is 0 Å². The number of rotatable bonds is 14. The van der Waals surface area contributed by atoms with E-state index < -0.39 is 43.6 Å². The van der Waals surface area contributed by atoms with Crippen LogP contribution in [0.15, 0.2) is 47.6 Å². The van der Waals surface area contributed by atoms with Gasteiger partial charge < -0.3 is 28.4 Å². The number of carbonyl (C=O) groups excluding carboxylic acids is 5. The Hall–Kier alpha value is -3.89. The summed E-state index contributed by atoms with van der Waals surface area (Å²) in [5.41, 5.74) is 0.969. The largest absolute Gasteiger partial charge is 0.514 e. The fourth-order valence-corrected chi connectivity index (χ4v) is 1.80. The van der Waals surface area contributed by atoms with Crippen LogP contribution in [-0.2, 0) is 47.6 Å². The van der Waals surface area contributed by atoms with Gasteiger partial charge in [0.25, 0.3) is 0 Å². The first-order chi connectivity index (χ1) is 16.0. The fourth-order valence-electron chi connectivity index (χ4n) is 1.80. The highest BCUT2D eigenvalue weighted by molar-refractivity contribution is 5.88. The van der Waals surface area contributed by atoms with Gasteiger partial charge in [-0.2, -0.15) is 0 Å². The minimum Gasteiger partial charge on any atom is -0.462 e. The molecule has 0 bridgehead atoms. The SMILES string of the molecule is C=C(C)C(=O)OCC/C=C(\C)C(=O)OCOC(=O)OCOC(=O)/C(C)=C/CCOC(=O)C(=C)C. The molecule has 0 aliphatic heterocycles. The molecule has 0 heterocycles. The van der Waals surface area contributed by atoms with Crippen molar-refractivity contribution >= 4 is 30.0 Å². The quantitative estimate of drug-likeness (QED) is 0.119. The Morgan fingerprint density at radius 3 is 1.24 bits per heavy atom. The van der Waals surface area contributed by atoms with Crippen LogP contribution in [0.5, 0.6) is 0 Å². The van der Waals surface area contributed by atoms with Gasteiger partial charge in [0.15, 0.2) is 0 Å². The summed E-state index contributed by atoms with van der Waals surface area (Å²) in [5.74, 6) is -2.56. The Bertz CT molecular complexity index is 781. The van der Waals surface area contributed by atoms with Gasteiger partial charge in [0.05, 0.1) is 13.2 Å². The van der Waals surface area contributed by atoms with Crippen molar-refractivity contribution in [1.82, 2.24) is 0 Å². The first-order valence-electron chi connectivity index (χ1n) is 10.1. The van der Waals surface area contributed by atoms with E-state index in [0.717, 1.165) is 0 Å². The molecular weight excluding hydrogens is 452 g/mol. The third-order valence-corrected chi connectivity index (χ3v) is 3.68. The highest BCUT2D eigenvalue weighted by atomic mass is 16.8. The zero-order valence-corrected chi connectivity index (χ0v) is 19.8. The first kappa shape index (κ1) is 30.1. The first-order valence-corrected chi connectivity index (χ1v) is 10.1. The molecule has 0 rings (SSSR count). The van der Waals surface area contributed by atoms with Crippen LogP contribution >= 0.6 is 0 Å². The molecule has 0 aromatic heterocycles. The minimum atomic E-state index is -1.22. The van der Waals surface area contributed by atoms with Crippen molar-refractivity contribution in [1.29, 1.82) is 0 Å². The van der Waals surface area contributed by atoms with Gasteiger partial charge in [0, 0.05) is 35.1 Å². The second-order valence-corrected chi connectivity index (χ2v) is 6.82. The lowest BCUT2D eigenvalue weighted by atomic mass is 10.2. The van der Waals surface area contributed by atoms with Gasteiger partial charge in [-0.15, -0.1) is 0 Å². The number of esters is 4. The van der Waals surface area contributed by atoms with Crippen molar-refractivity contribution in [3.8, 4) is 0 Å². The molecule has 0 atom stereocenters. The Labute approximate surface area is 197 Å². The fraction of sp³-hybridized carbons (Fsp3) is 0.435. The standard InChI is InChI=1S/C23H30O11/c1-15(2)19(24)29-11-7-9-17(5)21(26)31-13-33-23(28)34-14-32-22(27)18(6)10-8-12-30-20(25)16(3)4/h9-10H,1,3,7-8,11-14H2,2,4-6H3/b17-9+,18-10+. The average Bonchev–Trinajstić information content (AvgIpc) is 2.78. The number of hydrogen-bond donors (Lipinski definition) is 0. The molecule has 0 aromatic carbocycles. The molecule has 11 heteroatoms. The van der Waals surface area contributed by atoms with Crippen LogP contribution < -0.4 is 0 Å². The maximum Gasteiger partial charge on any atom is 0.514 e. The van der Waals surface area contributed by atoms with Crippen molar-refractivity contribution in [3.63, 3.8) is 0 Å². The summed E-state index contributed by atoms with van der Waals surface area (Å²) in [6.45, 7) is 11.6. The maximum absolute atomic E-state index is 11.8. The van der Waals surface area contributed by atoms with E-state index in [9.17, 15) is 24.0 Å². The Kier molecular flexibility index (Phi) is 14.8. The molecule has 188 valence electrons. The molecule has 11 nitrogen and oxygen atoms in total. The summed E-state index contributed by atoms with van der Waals surface area (Å²) in [6.07, 6.45) is 2.32. The third-order valence-electron chi connectivity index (χ3n) is 3.68. The second kappa shape index (κ2) is 16.7. The highest BCUT2D eigenvalue weighted by Crippen LogP contribution is 2.03. The van der Waals surface area contributed by atoms with Crippen molar-refractivity contribution in [2.24, 2.45) is 0 Å². The molecule has 0 spiro atoms. The van der Waals surface area contributed by atoms with E-state index in [0.29, 0.717) is 0 Å². The predicted molar refractivity (Wildman–Crippen MR) is 118 cm³/mol. The van der Waals surface area contributed by atoms with Crippen LogP contribution in [0.1, 0.15) is 40.5 Å². The summed E-state index contributed by atoms with van der Waals surface area (Å²) in [6, 6.07) is 0. The minimum absolute atomic E-state index is 0.0645. The van der Waals surface area contributed by atoms with Gasteiger partial charge in [0.2, 0.25) is 13.6 Å². The van der Waals surface area contributed by atoms with Crippen molar-refractivity contribution in [2.45, 2.75) is 40.5 Å². The van der Waals surface area contributed by atoms with E-state index in [4.69, 9.17) is 18.9 Å². The zero-order valence-electron chi connectivity index (χ0n) is 19.8. The van der Waals surface area contributed by atoms with Gasteiger partial charge in [-0.3, -0.25) is 0 Å². The Morgan fingerprint density at radius 1 is 0.559 bits per heavy atom. The number of ether oxygens (including phenoxy) is 6. The molecule has 0 N–H and O–H groups in total. The molecule has 34 heavy (non-hydrogen) atoms. The molecule has 0 fully saturated rings. The normalized spacial score (nSPS) is 11.1. The van der Waals surface area contributed by atoms with Crippen LogP contribution in [0.4, 0.5) is 4.79 Å². The predicted octanol–water partition coefficient (Wildman–Crippen LogP) is 3.05. The summed E-state index contributed by atoms with van der Waals surface area (Å²) < 4.78 is 28.3. The highest BCUT2D eigenvalue weighted by Gasteiger charge is 2.11. The van der Waals surface area contributed by atoms with Crippen LogP contribution in [0.3, 0.4) is 0 Å². The number of hydrogen-bond acceptors (Lipinski definition) is 11.